The molecule has 0 amide bonds. The molecule has 148 valence electrons. The molecule has 2 saturated heterocycles. The summed E-state index contributed by atoms with van der Waals surface area (Å²) in [5, 5.41) is 10.7. The van der Waals surface area contributed by atoms with Gasteiger partial charge in [0, 0.05) is 12.7 Å². The number of aliphatic hydroxyl groups is 1. The predicted octanol–water partition coefficient (Wildman–Crippen LogP) is 2.06. The number of hydrogen-bond donors (Lipinski definition) is 1. The fourth-order valence-electron chi connectivity index (χ4n) is 3.44. The first-order valence-corrected chi connectivity index (χ1v) is 9.11. The highest BCUT2D eigenvalue weighted by Crippen LogP contribution is 2.35. The quantitative estimate of drug-likeness (QED) is 0.806. The number of carbonyl (C=O) groups excluding carboxylic acids is 1. The zero-order chi connectivity index (χ0) is 19.5. The lowest BCUT2D eigenvalue weighted by molar-refractivity contribution is -0.357. The first-order valence-electron chi connectivity index (χ1n) is 9.11. The van der Waals surface area contributed by atoms with Gasteiger partial charge in [-0.2, -0.15) is 0 Å². The van der Waals surface area contributed by atoms with Crippen molar-refractivity contribution >= 4 is 5.97 Å². The van der Waals surface area contributed by atoms with E-state index in [1.54, 1.807) is 24.3 Å². The Morgan fingerprint density at radius 3 is 2.39 bits per heavy atom. The zero-order valence-electron chi connectivity index (χ0n) is 15.3. The van der Waals surface area contributed by atoms with Gasteiger partial charge in [-0.15, -0.1) is 0 Å². The van der Waals surface area contributed by atoms with E-state index in [0.29, 0.717) is 5.56 Å². The van der Waals surface area contributed by atoms with Crippen LogP contribution in [0.15, 0.2) is 60.7 Å². The highest BCUT2D eigenvalue weighted by Gasteiger charge is 2.51. The van der Waals surface area contributed by atoms with E-state index >= 15 is 0 Å². The fraction of sp³-hybridized carbons (Fsp3) is 0.381. The maximum Gasteiger partial charge on any atom is 0.338 e. The van der Waals surface area contributed by atoms with Gasteiger partial charge in [0.1, 0.15) is 18.3 Å². The molecule has 2 aromatic rings. The number of carbonyl (C=O) groups is 1. The summed E-state index contributed by atoms with van der Waals surface area (Å²) in [6.45, 7) is 0.218. The van der Waals surface area contributed by atoms with E-state index in [9.17, 15) is 9.90 Å². The third kappa shape index (κ3) is 3.80. The van der Waals surface area contributed by atoms with Gasteiger partial charge in [-0.25, -0.2) is 4.79 Å². The largest absolute Gasteiger partial charge is 0.453 e. The minimum absolute atomic E-state index is 0.218. The van der Waals surface area contributed by atoms with Gasteiger partial charge in [0.05, 0.1) is 12.2 Å². The molecule has 0 saturated carbocycles. The fourth-order valence-corrected chi connectivity index (χ4v) is 3.44. The maximum atomic E-state index is 12.6. The molecule has 1 N–H and O–H groups in total. The molecule has 0 aliphatic carbocycles. The van der Waals surface area contributed by atoms with Crippen molar-refractivity contribution in [3.8, 4) is 0 Å². The van der Waals surface area contributed by atoms with E-state index in [1.165, 1.54) is 7.11 Å². The van der Waals surface area contributed by atoms with Crippen LogP contribution in [0.3, 0.4) is 0 Å². The highest BCUT2D eigenvalue weighted by molar-refractivity contribution is 5.89. The van der Waals surface area contributed by atoms with Gasteiger partial charge in [-0.1, -0.05) is 48.5 Å². The van der Waals surface area contributed by atoms with E-state index in [-0.39, 0.29) is 6.61 Å². The van der Waals surface area contributed by atoms with Gasteiger partial charge in [-0.05, 0) is 12.1 Å². The van der Waals surface area contributed by atoms with E-state index < -0.39 is 43.0 Å². The smallest absolute Gasteiger partial charge is 0.338 e. The SMILES string of the molecule is CO[C@H]1O[C@@H]2CO[C@@H](c3ccccc3)O[C@H]2[C@H](OC(=O)c2ccccc2)[C@H]1O. The predicted molar refractivity (Wildman–Crippen MR) is 97.3 cm³/mol. The van der Waals surface area contributed by atoms with Crippen LogP contribution in [0.1, 0.15) is 22.2 Å². The molecule has 0 radical (unpaired) electrons. The van der Waals surface area contributed by atoms with Crippen molar-refractivity contribution in [1.82, 2.24) is 0 Å². The third-order valence-electron chi connectivity index (χ3n) is 4.86. The van der Waals surface area contributed by atoms with Crippen LogP contribution in [0.4, 0.5) is 0 Å². The Bertz CT molecular complexity index is 782. The number of rotatable bonds is 4. The van der Waals surface area contributed by atoms with Crippen LogP contribution in [0.5, 0.6) is 0 Å². The molecule has 2 aliphatic heterocycles. The average Bonchev–Trinajstić information content (AvgIpc) is 2.76. The van der Waals surface area contributed by atoms with Crippen LogP contribution >= 0.6 is 0 Å². The summed E-state index contributed by atoms with van der Waals surface area (Å²) in [4.78, 5) is 12.6. The normalized spacial score (nSPS) is 32.4. The number of aliphatic hydroxyl groups excluding tert-OH is 1. The van der Waals surface area contributed by atoms with E-state index in [1.807, 2.05) is 36.4 Å². The lowest BCUT2D eigenvalue weighted by Crippen LogP contribution is -2.63. The maximum absolute atomic E-state index is 12.6. The molecule has 7 heteroatoms. The molecule has 2 aromatic carbocycles. The lowest BCUT2D eigenvalue weighted by Gasteiger charge is -2.47. The van der Waals surface area contributed by atoms with Gasteiger partial charge < -0.3 is 28.8 Å². The van der Waals surface area contributed by atoms with Crippen molar-refractivity contribution < 1.29 is 33.6 Å². The summed E-state index contributed by atoms with van der Waals surface area (Å²) in [5.41, 5.74) is 1.22. The zero-order valence-corrected chi connectivity index (χ0v) is 15.3. The minimum atomic E-state index is -1.20. The Morgan fingerprint density at radius 1 is 1.04 bits per heavy atom. The monoisotopic (exact) mass is 386 g/mol. The summed E-state index contributed by atoms with van der Waals surface area (Å²) >= 11 is 0. The van der Waals surface area contributed by atoms with Gasteiger partial charge >= 0.3 is 5.97 Å². The summed E-state index contributed by atoms with van der Waals surface area (Å²) in [7, 11) is 1.42. The van der Waals surface area contributed by atoms with Crippen molar-refractivity contribution in [1.29, 1.82) is 0 Å². The molecular weight excluding hydrogens is 364 g/mol. The van der Waals surface area contributed by atoms with Crippen LogP contribution in [-0.2, 0) is 23.7 Å². The first kappa shape index (κ1) is 19.0. The van der Waals surface area contributed by atoms with E-state index in [4.69, 9.17) is 23.7 Å². The number of hydrogen-bond acceptors (Lipinski definition) is 7. The Balaban J connectivity index is 1.56. The molecular formula is C21H22O7. The molecule has 4 rings (SSSR count). The summed E-state index contributed by atoms with van der Waals surface area (Å²) in [6.07, 6.45) is -5.00. The Hall–Kier alpha value is -2.29. The second-order valence-electron chi connectivity index (χ2n) is 6.68. The van der Waals surface area contributed by atoms with E-state index in [0.717, 1.165) is 5.56 Å². The minimum Gasteiger partial charge on any atom is -0.453 e. The van der Waals surface area contributed by atoms with Gasteiger partial charge in [-0.3, -0.25) is 0 Å². The Kier molecular flexibility index (Phi) is 5.70. The Labute approximate surface area is 162 Å². The van der Waals surface area contributed by atoms with Crippen molar-refractivity contribution in [2.45, 2.75) is 37.0 Å². The summed E-state index contributed by atoms with van der Waals surface area (Å²) in [6, 6.07) is 18.0. The summed E-state index contributed by atoms with van der Waals surface area (Å²) < 4.78 is 28.4. The summed E-state index contributed by atoms with van der Waals surface area (Å²) in [5.74, 6) is -0.550. The molecule has 7 nitrogen and oxygen atoms in total. The number of esters is 1. The number of methoxy groups -OCH3 is 1. The molecule has 6 atom stereocenters. The van der Waals surface area contributed by atoms with Crippen molar-refractivity contribution in [3.63, 3.8) is 0 Å². The Morgan fingerprint density at radius 2 is 1.71 bits per heavy atom. The molecule has 0 aromatic heterocycles. The molecule has 0 spiro atoms. The van der Waals surface area contributed by atoms with Crippen molar-refractivity contribution in [2.24, 2.45) is 0 Å². The second kappa shape index (κ2) is 8.38. The van der Waals surface area contributed by atoms with Crippen LogP contribution in [0.25, 0.3) is 0 Å². The van der Waals surface area contributed by atoms with Gasteiger partial charge in [0.15, 0.2) is 18.7 Å². The van der Waals surface area contributed by atoms with Crippen LogP contribution < -0.4 is 0 Å². The molecule has 2 fully saturated rings. The van der Waals surface area contributed by atoms with Gasteiger partial charge in [0.25, 0.3) is 0 Å². The number of benzene rings is 2. The standard InChI is InChI=1S/C21H22O7/c1-24-21-16(22)18(27-19(23)13-8-4-2-5-9-13)17-15(26-21)12-25-20(28-17)14-10-6-3-7-11-14/h2-11,15-18,20-22H,12H2,1H3/t15-,16-,17-,18-,20-,21+/m1/s1. The van der Waals surface area contributed by atoms with Gasteiger partial charge in [0.2, 0.25) is 0 Å². The molecule has 2 aliphatic rings. The molecule has 28 heavy (non-hydrogen) atoms. The topological polar surface area (TPSA) is 83.5 Å². The van der Waals surface area contributed by atoms with E-state index in [2.05, 4.69) is 0 Å². The van der Waals surface area contributed by atoms with Crippen molar-refractivity contribution in [3.05, 3.63) is 71.8 Å². The number of fused-ring (bicyclic) bond motifs is 1. The average molecular weight is 386 g/mol. The molecule has 2 heterocycles. The lowest BCUT2D eigenvalue weighted by atomic mass is 9.97. The van der Waals surface area contributed by atoms with Crippen LogP contribution in [0.2, 0.25) is 0 Å². The third-order valence-corrected chi connectivity index (χ3v) is 4.86. The first-order chi connectivity index (χ1) is 13.7. The highest BCUT2D eigenvalue weighted by atomic mass is 16.8. The number of ether oxygens (including phenoxy) is 5. The van der Waals surface area contributed by atoms with Crippen molar-refractivity contribution in [2.75, 3.05) is 13.7 Å². The molecule has 0 bridgehead atoms. The van der Waals surface area contributed by atoms with Crippen LogP contribution in [0, 0.1) is 0 Å². The van der Waals surface area contributed by atoms with Crippen LogP contribution in [-0.4, -0.2) is 55.5 Å². The second-order valence-corrected chi connectivity index (χ2v) is 6.68. The molecule has 0 unspecified atom stereocenters.